The standard InChI is InChI=1S/C18H23N5O3/c1-10(11-6-3-2-4-7-11)20-17(25)14-15(24)18(26)23-16(22-14)12-8-5-9-13(19)21-12/h5,8-11,24H,2-4,6-7H2,1H3,(H2,19,21)(H,20,25)(H,22,23,26)/t10-/m1/s1. The minimum absolute atomic E-state index is 0.0167. The van der Waals surface area contributed by atoms with Crippen molar-refractivity contribution in [3.05, 3.63) is 23.9 Å². The predicted octanol–water partition coefficient (Wildman–Crippen LogP) is 2.23. The Hall–Kier alpha value is -2.90. The average molecular weight is 357 g/mol. The summed E-state index contributed by atoms with van der Waals surface area (Å²) in [5, 5.41) is 22.8. The Morgan fingerprint density at radius 3 is 2.62 bits per heavy atom. The fourth-order valence-corrected chi connectivity index (χ4v) is 3.32. The first kappa shape index (κ1) is 17.9. The minimum atomic E-state index is -0.672. The summed E-state index contributed by atoms with van der Waals surface area (Å²) in [4.78, 5) is 24.6. The molecule has 26 heavy (non-hydrogen) atoms. The molecule has 1 fully saturated rings. The summed E-state index contributed by atoms with van der Waals surface area (Å²) < 4.78 is 0. The van der Waals surface area contributed by atoms with Gasteiger partial charge in [0.25, 0.3) is 11.8 Å². The van der Waals surface area contributed by atoms with Gasteiger partial charge in [0.1, 0.15) is 11.5 Å². The van der Waals surface area contributed by atoms with Crippen LogP contribution in [0.25, 0.3) is 11.5 Å². The van der Waals surface area contributed by atoms with Crippen LogP contribution in [-0.4, -0.2) is 37.1 Å². The highest BCUT2D eigenvalue weighted by Crippen LogP contribution is 2.30. The third-order valence-electron chi connectivity index (χ3n) is 4.80. The molecule has 0 saturated heterocycles. The number of rotatable bonds is 4. The maximum Gasteiger partial charge on any atom is 0.274 e. The summed E-state index contributed by atoms with van der Waals surface area (Å²) in [6.07, 6.45) is 5.70. The molecule has 2 aromatic rings. The lowest BCUT2D eigenvalue weighted by Gasteiger charge is -2.28. The van der Waals surface area contributed by atoms with Crippen LogP contribution in [-0.2, 0) is 0 Å². The smallest absolute Gasteiger partial charge is 0.274 e. The first-order valence-electron chi connectivity index (χ1n) is 8.79. The number of nitrogens with zero attached hydrogens (tertiary/aromatic N) is 3. The predicted molar refractivity (Wildman–Crippen MR) is 96.5 cm³/mol. The molecule has 0 unspecified atom stereocenters. The summed E-state index contributed by atoms with van der Waals surface area (Å²) in [5.74, 6) is -1.19. The summed E-state index contributed by atoms with van der Waals surface area (Å²) >= 11 is 0. The quantitative estimate of drug-likeness (QED) is 0.659. The highest BCUT2D eigenvalue weighted by molar-refractivity contribution is 5.96. The van der Waals surface area contributed by atoms with Crippen molar-refractivity contribution in [2.24, 2.45) is 5.92 Å². The van der Waals surface area contributed by atoms with Crippen LogP contribution >= 0.6 is 0 Å². The second kappa shape index (κ2) is 7.55. The van der Waals surface area contributed by atoms with Crippen LogP contribution in [0.2, 0.25) is 0 Å². The van der Waals surface area contributed by atoms with E-state index in [1.54, 1.807) is 18.2 Å². The first-order chi connectivity index (χ1) is 12.5. The Kier molecular flexibility index (Phi) is 5.20. The zero-order valence-corrected chi connectivity index (χ0v) is 14.6. The molecule has 0 bridgehead atoms. The van der Waals surface area contributed by atoms with Gasteiger partial charge < -0.3 is 21.3 Å². The number of aromatic hydroxyl groups is 2. The number of aromatic nitrogens is 3. The zero-order chi connectivity index (χ0) is 18.7. The molecule has 1 saturated carbocycles. The molecule has 8 heteroatoms. The largest absolute Gasteiger partial charge is 0.501 e. The average Bonchev–Trinajstić information content (AvgIpc) is 2.64. The van der Waals surface area contributed by atoms with Crippen molar-refractivity contribution in [2.75, 3.05) is 5.73 Å². The van der Waals surface area contributed by atoms with Gasteiger partial charge in [0.2, 0.25) is 5.75 Å². The van der Waals surface area contributed by atoms with Gasteiger partial charge in [-0.3, -0.25) is 4.79 Å². The fourth-order valence-electron chi connectivity index (χ4n) is 3.32. The maximum absolute atomic E-state index is 12.6. The van der Waals surface area contributed by atoms with Crippen LogP contribution in [0.3, 0.4) is 0 Å². The summed E-state index contributed by atoms with van der Waals surface area (Å²) in [5.41, 5.74) is 5.67. The van der Waals surface area contributed by atoms with Gasteiger partial charge in [-0.2, -0.15) is 4.98 Å². The van der Waals surface area contributed by atoms with Crippen molar-refractivity contribution in [2.45, 2.75) is 45.1 Å². The molecule has 2 aromatic heterocycles. The van der Waals surface area contributed by atoms with E-state index in [9.17, 15) is 15.0 Å². The number of pyridine rings is 1. The number of hydrogen-bond acceptors (Lipinski definition) is 7. The Labute approximate surface area is 151 Å². The van der Waals surface area contributed by atoms with Gasteiger partial charge in [-0.25, -0.2) is 9.97 Å². The molecule has 0 spiro atoms. The fraction of sp³-hybridized carbons (Fsp3) is 0.444. The lowest BCUT2D eigenvalue weighted by molar-refractivity contribution is 0.0910. The van der Waals surface area contributed by atoms with Gasteiger partial charge in [0, 0.05) is 6.04 Å². The van der Waals surface area contributed by atoms with Crippen LogP contribution in [0.5, 0.6) is 11.6 Å². The molecule has 0 aromatic carbocycles. The second-order valence-electron chi connectivity index (χ2n) is 6.68. The molecule has 0 aliphatic heterocycles. The van der Waals surface area contributed by atoms with E-state index >= 15 is 0 Å². The number of nitrogens with one attached hydrogen (secondary N) is 1. The molecular formula is C18H23N5O3. The summed E-state index contributed by atoms with van der Waals surface area (Å²) in [6.45, 7) is 1.95. The van der Waals surface area contributed by atoms with E-state index < -0.39 is 17.5 Å². The van der Waals surface area contributed by atoms with Crippen LogP contribution in [0.15, 0.2) is 18.2 Å². The van der Waals surface area contributed by atoms with Gasteiger partial charge in [0.05, 0.1) is 0 Å². The zero-order valence-electron chi connectivity index (χ0n) is 14.6. The number of nitrogen functional groups attached to an aromatic ring is 1. The van der Waals surface area contributed by atoms with Crippen molar-refractivity contribution in [1.82, 2.24) is 20.3 Å². The molecule has 2 heterocycles. The molecule has 3 rings (SSSR count). The highest BCUT2D eigenvalue weighted by Gasteiger charge is 2.25. The van der Waals surface area contributed by atoms with E-state index in [-0.39, 0.29) is 23.4 Å². The summed E-state index contributed by atoms with van der Waals surface area (Å²) in [6, 6.07) is 4.82. The third kappa shape index (κ3) is 3.84. The van der Waals surface area contributed by atoms with E-state index in [0.29, 0.717) is 11.6 Å². The number of hydrogen-bond donors (Lipinski definition) is 4. The summed E-state index contributed by atoms with van der Waals surface area (Å²) in [7, 11) is 0. The number of anilines is 1. The van der Waals surface area contributed by atoms with E-state index in [1.165, 1.54) is 6.42 Å². The number of amides is 1. The molecule has 1 atom stereocenters. The van der Waals surface area contributed by atoms with Crippen molar-refractivity contribution >= 4 is 11.7 Å². The lowest BCUT2D eigenvalue weighted by Crippen LogP contribution is -2.39. The van der Waals surface area contributed by atoms with Crippen molar-refractivity contribution in [3.8, 4) is 23.1 Å². The topological polar surface area (TPSA) is 134 Å². The van der Waals surface area contributed by atoms with Gasteiger partial charge >= 0.3 is 0 Å². The van der Waals surface area contributed by atoms with Gasteiger partial charge in [0.15, 0.2) is 11.5 Å². The van der Waals surface area contributed by atoms with Crippen LogP contribution in [0.1, 0.15) is 49.5 Å². The minimum Gasteiger partial charge on any atom is -0.501 e. The first-order valence-corrected chi connectivity index (χ1v) is 8.79. The Morgan fingerprint density at radius 1 is 1.19 bits per heavy atom. The molecule has 1 aliphatic carbocycles. The lowest BCUT2D eigenvalue weighted by atomic mass is 9.84. The molecule has 138 valence electrons. The second-order valence-corrected chi connectivity index (χ2v) is 6.68. The van der Waals surface area contributed by atoms with Crippen LogP contribution < -0.4 is 11.1 Å². The maximum atomic E-state index is 12.6. The highest BCUT2D eigenvalue weighted by atomic mass is 16.3. The number of carbonyl (C=O) groups excluding carboxylic acids is 1. The molecule has 1 aliphatic rings. The van der Waals surface area contributed by atoms with E-state index in [4.69, 9.17) is 5.73 Å². The van der Waals surface area contributed by atoms with Crippen molar-refractivity contribution < 1.29 is 15.0 Å². The van der Waals surface area contributed by atoms with E-state index in [0.717, 1.165) is 25.7 Å². The molecular weight excluding hydrogens is 334 g/mol. The Morgan fingerprint density at radius 2 is 1.92 bits per heavy atom. The normalized spacial score (nSPS) is 16.2. The monoisotopic (exact) mass is 357 g/mol. The molecule has 8 nitrogen and oxygen atoms in total. The van der Waals surface area contributed by atoms with Crippen molar-refractivity contribution in [1.29, 1.82) is 0 Å². The molecule has 0 radical (unpaired) electrons. The van der Waals surface area contributed by atoms with Crippen molar-refractivity contribution in [3.63, 3.8) is 0 Å². The Balaban J connectivity index is 1.85. The third-order valence-corrected chi connectivity index (χ3v) is 4.80. The molecule has 5 N–H and O–H groups in total. The van der Waals surface area contributed by atoms with E-state index in [2.05, 4.69) is 20.3 Å². The van der Waals surface area contributed by atoms with Gasteiger partial charge in [-0.05, 0) is 37.8 Å². The number of nitrogens with two attached hydrogens (primary N) is 1. The van der Waals surface area contributed by atoms with E-state index in [1.807, 2.05) is 6.92 Å². The van der Waals surface area contributed by atoms with Gasteiger partial charge in [-0.1, -0.05) is 25.3 Å². The van der Waals surface area contributed by atoms with Crippen LogP contribution in [0.4, 0.5) is 5.82 Å². The number of carbonyl (C=O) groups is 1. The SMILES string of the molecule is C[C@@H](NC(=O)c1nc(-c2cccc(N)n2)nc(O)c1O)C1CCCCC1. The Bertz CT molecular complexity index is 805. The van der Waals surface area contributed by atoms with Gasteiger partial charge in [-0.15, -0.1) is 0 Å². The molecule has 1 amide bonds. The van der Waals surface area contributed by atoms with Crippen LogP contribution in [0, 0.1) is 5.92 Å².